The Morgan fingerprint density at radius 3 is 2.50 bits per heavy atom. The van der Waals surface area contributed by atoms with Crippen molar-refractivity contribution in [3.05, 3.63) is 29.8 Å². The van der Waals surface area contributed by atoms with Gasteiger partial charge in [-0.05, 0) is 43.0 Å². The zero-order chi connectivity index (χ0) is 14.4. The molecular weight excluding hydrogens is 252 g/mol. The van der Waals surface area contributed by atoms with Crippen LogP contribution in [0.4, 0.5) is 5.69 Å². The largest absolute Gasteiger partial charge is 0.352 e. The van der Waals surface area contributed by atoms with E-state index in [1.165, 1.54) is 12.8 Å². The average molecular weight is 274 g/mol. The Morgan fingerprint density at radius 1 is 1.20 bits per heavy atom. The van der Waals surface area contributed by atoms with Gasteiger partial charge >= 0.3 is 0 Å². The van der Waals surface area contributed by atoms with Gasteiger partial charge < -0.3 is 10.6 Å². The van der Waals surface area contributed by atoms with Crippen LogP contribution in [0.15, 0.2) is 24.3 Å². The molecule has 2 N–H and O–H groups in total. The standard InChI is InChI=1S/C16H22N2O2/c1-2-3-15(19)18-14-8-6-13(7-9-14)16(20)17-11-10-12-4-5-12/h6-9,12H,2-5,10-11H2,1H3,(H,17,20)(H,18,19). The predicted octanol–water partition coefficient (Wildman–Crippen LogP) is 2.96. The maximum Gasteiger partial charge on any atom is 0.251 e. The first kappa shape index (κ1) is 14.6. The molecule has 2 rings (SSSR count). The zero-order valence-electron chi connectivity index (χ0n) is 11.9. The van der Waals surface area contributed by atoms with Gasteiger partial charge in [0.05, 0.1) is 0 Å². The van der Waals surface area contributed by atoms with Gasteiger partial charge in [0.25, 0.3) is 5.91 Å². The molecule has 20 heavy (non-hydrogen) atoms. The molecule has 0 radical (unpaired) electrons. The Bertz CT molecular complexity index is 464. The third kappa shape index (κ3) is 4.68. The second-order valence-corrected chi connectivity index (χ2v) is 5.36. The molecule has 0 bridgehead atoms. The fourth-order valence-corrected chi connectivity index (χ4v) is 2.05. The Kier molecular flexibility index (Phi) is 5.16. The molecular formula is C16H22N2O2. The van der Waals surface area contributed by atoms with E-state index in [-0.39, 0.29) is 11.8 Å². The molecule has 1 aromatic carbocycles. The Hall–Kier alpha value is -1.84. The monoisotopic (exact) mass is 274 g/mol. The summed E-state index contributed by atoms with van der Waals surface area (Å²) in [5.74, 6) is 0.790. The highest BCUT2D eigenvalue weighted by Crippen LogP contribution is 2.31. The minimum Gasteiger partial charge on any atom is -0.352 e. The van der Waals surface area contributed by atoms with E-state index in [4.69, 9.17) is 0 Å². The van der Waals surface area contributed by atoms with Crippen molar-refractivity contribution < 1.29 is 9.59 Å². The minimum atomic E-state index is -0.0444. The van der Waals surface area contributed by atoms with Gasteiger partial charge in [-0.25, -0.2) is 0 Å². The number of nitrogens with one attached hydrogen (secondary N) is 2. The normalized spacial score (nSPS) is 13.8. The minimum absolute atomic E-state index is 0.00846. The Morgan fingerprint density at radius 2 is 1.90 bits per heavy atom. The molecule has 1 saturated carbocycles. The van der Waals surface area contributed by atoms with Crippen molar-refractivity contribution in [2.75, 3.05) is 11.9 Å². The van der Waals surface area contributed by atoms with Crippen LogP contribution in [0.25, 0.3) is 0 Å². The number of amides is 2. The molecule has 0 atom stereocenters. The summed E-state index contributed by atoms with van der Waals surface area (Å²) in [5, 5.41) is 5.73. The number of anilines is 1. The summed E-state index contributed by atoms with van der Waals surface area (Å²) in [4.78, 5) is 23.3. The van der Waals surface area contributed by atoms with Crippen molar-refractivity contribution in [2.24, 2.45) is 5.92 Å². The number of hydrogen-bond acceptors (Lipinski definition) is 2. The summed E-state index contributed by atoms with van der Waals surface area (Å²) in [6.07, 6.45) is 5.04. The maximum atomic E-state index is 11.9. The van der Waals surface area contributed by atoms with E-state index in [1.54, 1.807) is 24.3 Å². The molecule has 0 saturated heterocycles. The van der Waals surface area contributed by atoms with Crippen LogP contribution in [-0.4, -0.2) is 18.4 Å². The smallest absolute Gasteiger partial charge is 0.251 e. The molecule has 0 spiro atoms. The van der Waals surface area contributed by atoms with Crippen LogP contribution in [0.5, 0.6) is 0 Å². The fourth-order valence-electron chi connectivity index (χ4n) is 2.05. The molecule has 1 aliphatic carbocycles. The molecule has 108 valence electrons. The summed E-state index contributed by atoms with van der Waals surface area (Å²) in [6, 6.07) is 7.02. The molecule has 0 aliphatic heterocycles. The summed E-state index contributed by atoms with van der Waals surface area (Å²) in [6.45, 7) is 2.72. The second kappa shape index (κ2) is 7.08. The van der Waals surface area contributed by atoms with Gasteiger partial charge in [0, 0.05) is 24.2 Å². The van der Waals surface area contributed by atoms with Crippen molar-refractivity contribution in [2.45, 2.75) is 39.0 Å². The second-order valence-electron chi connectivity index (χ2n) is 5.36. The van der Waals surface area contributed by atoms with Crippen LogP contribution in [-0.2, 0) is 4.79 Å². The topological polar surface area (TPSA) is 58.2 Å². The average Bonchev–Trinajstić information content (AvgIpc) is 3.24. The van der Waals surface area contributed by atoms with Gasteiger partial charge in [-0.3, -0.25) is 9.59 Å². The Labute approximate surface area is 119 Å². The SMILES string of the molecule is CCCC(=O)Nc1ccc(C(=O)NCCC2CC2)cc1. The zero-order valence-corrected chi connectivity index (χ0v) is 11.9. The Balaban J connectivity index is 1.80. The number of benzene rings is 1. The van der Waals surface area contributed by atoms with Crippen LogP contribution in [0, 0.1) is 5.92 Å². The van der Waals surface area contributed by atoms with E-state index < -0.39 is 0 Å². The van der Waals surface area contributed by atoms with Crippen molar-refractivity contribution in [1.29, 1.82) is 0 Å². The molecule has 1 aromatic rings. The van der Waals surface area contributed by atoms with Gasteiger partial charge in [0.2, 0.25) is 5.91 Å². The molecule has 0 heterocycles. The lowest BCUT2D eigenvalue weighted by Crippen LogP contribution is -2.24. The molecule has 0 aromatic heterocycles. The third-order valence-electron chi connectivity index (χ3n) is 3.44. The lowest BCUT2D eigenvalue weighted by molar-refractivity contribution is -0.116. The van der Waals surface area contributed by atoms with Crippen LogP contribution in [0.2, 0.25) is 0 Å². The first-order valence-electron chi connectivity index (χ1n) is 7.37. The van der Waals surface area contributed by atoms with Crippen LogP contribution < -0.4 is 10.6 Å². The van der Waals surface area contributed by atoms with E-state index in [0.717, 1.165) is 31.0 Å². The van der Waals surface area contributed by atoms with Crippen molar-refractivity contribution >= 4 is 17.5 Å². The van der Waals surface area contributed by atoms with Gasteiger partial charge in [-0.1, -0.05) is 19.8 Å². The van der Waals surface area contributed by atoms with Crippen molar-refractivity contribution in [3.63, 3.8) is 0 Å². The summed E-state index contributed by atoms with van der Waals surface area (Å²) in [5.41, 5.74) is 1.37. The van der Waals surface area contributed by atoms with Crippen LogP contribution in [0.1, 0.15) is 49.4 Å². The van der Waals surface area contributed by atoms with Gasteiger partial charge in [0.1, 0.15) is 0 Å². The highest BCUT2D eigenvalue weighted by molar-refractivity contribution is 5.95. The van der Waals surface area contributed by atoms with Crippen LogP contribution in [0.3, 0.4) is 0 Å². The van der Waals surface area contributed by atoms with Crippen molar-refractivity contribution in [1.82, 2.24) is 5.32 Å². The number of carbonyl (C=O) groups excluding carboxylic acids is 2. The van der Waals surface area contributed by atoms with E-state index in [1.807, 2.05) is 6.92 Å². The molecule has 2 amide bonds. The molecule has 4 heteroatoms. The molecule has 0 unspecified atom stereocenters. The summed E-state index contributed by atoms with van der Waals surface area (Å²) < 4.78 is 0. The lowest BCUT2D eigenvalue weighted by atomic mass is 10.2. The molecule has 1 aliphatic rings. The van der Waals surface area contributed by atoms with Gasteiger partial charge in [-0.15, -0.1) is 0 Å². The highest BCUT2D eigenvalue weighted by atomic mass is 16.2. The van der Waals surface area contributed by atoms with E-state index in [0.29, 0.717) is 12.0 Å². The van der Waals surface area contributed by atoms with E-state index in [9.17, 15) is 9.59 Å². The number of rotatable bonds is 7. The lowest BCUT2D eigenvalue weighted by Gasteiger charge is -2.07. The molecule has 1 fully saturated rings. The quantitative estimate of drug-likeness (QED) is 0.803. The van der Waals surface area contributed by atoms with E-state index >= 15 is 0 Å². The third-order valence-corrected chi connectivity index (χ3v) is 3.44. The summed E-state index contributed by atoms with van der Waals surface area (Å²) in [7, 11) is 0. The number of hydrogen-bond donors (Lipinski definition) is 2. The maximum absolute atomic E-state index is 11.9. The van der Waals surface area contributed by atoms with Crippen LogP contribution >= 0.6 is 0 Å². The highest BCUT2D eigenvalue weighted by Gasteiger charge is 2.20. The first-order chi connectivity index (χ1) is 9.69. The van der Waals surface area contributed by atoms with Gasteiger partial charge in [0.15, 0.2) is 0 Å². The summed E-state index contributed by atoms with van der Waals surface area (Å²) >= 11 is 0. The predicted molar refractivity (Wildman–Crippen MR) is 79.7 cm³/mol. The van der Waals surface area contributed by atoms with E-state index in [2.05, 4.69) is 10.6 Å². The fraction of sp³-hybridized carbons (Fsp3) is 0.500. The molecule has 4 nitrogen and oxygen atoms in total. The number of carbonyl (C=O) groups is 2. The van der Waals surface area contributed by atoms with Crippen molar-refractivity contribution in [3.8, 4) is 0 Å². The van der Waals surface area contributed by atoms with Gasteiger partial charge in [-0.2, -0.15) is 0 Å². The first-order valence-corrected chi connectivity index (χ1v) is 7.37.